The van der Waals surface area contributed by atoms with Gasteiger partial charge in [0.2, 0.25) is 0 Å². The minimum atomic E-state index is 0.738. The maximum absolute atomic E-state index is 4.27. The molecule has 0 radical (unpaired) electrons. The van der Waals surface area contributed by atoms with Crippen molar-refractivity contribution in [2.75, 3.05) is 33.2 Å². The summed E-state index contributed by atoms with van der Waals surface area (Å²) in [6, 6.07) is 2.01. The zero-order valence-corrected chi connectivity index (χ0v) is 14.9. The van der Waals surface area contributed by atoms with Gasteiger partial charge in [-0.3, -0.25) is 9.67 Å². The normalized spacial score (nSPS) is 17.4. The van der Waals surface area contributed by atoms with Crippen molar-refractivity contribution in [1.29, 1.82) is 0 Å². The lowest BCUT2D eigenvalue weighted by molar-refractivity contribution is 0.189. The van der Waals surface area contributed by atoms with E-state index < -0.39 is 0 Å². The first-order valence-corrected chi connectivity index (χ1v) is 8.83. The van der Waals surface area contributed by atoms with Gasteiger partial charge in [0, 0.05) is 26.8 Å². The zero-order chi connectivity index (χ0) is 16.5. The number of piperidine rings is 1. The predicted octanol–water partition coefficient (Wildman–Crippen LogP) is 1.60. The topological polar surface area (TPSA) is 57.5 Å². The van der Waals surface area contributed by atoms with E-state index in [9.17, 15) is 0 Å². The highest BCUT2D eigenvalue weighted by Crippen LogP contribution is 2.15. The van der Waals surface area contributed by atoms with E-state index in [0.29, 0.717) is 0 Å². The Hall–Kier alpha value is -1.56. The van der Waals surface area contributed by atoms with E-state index in [-0.39, 0.29) is 0 Å². The van der Waals surface area contributed by atoms with Crippen molar-refractivity contribution < 1.29 is 0 Å². The minimum Gasteiger partial charge on any atom is -0.356 e. The molecule has 6 nitrogen and oxygen atoms in total. The van der Waals surface area contributed by atoms with E-state index >= 15 is 0 Å². The summed E-state index contributed by atoms with van der Waals surface area (Å²) in [4.78, 5) is 6.87. The Balaban J connectivity index is 1.54. The number of rotatable bonds is 7. The Kier molecular flexibility index (Phi) is 7.39. The number of nitrogens with one attached hydrogen (secondary N) is 2. The summed E-state index contributed by atoms with van der Waals surface area (Å²) < 4.78 is 1.87. The summed E-state index contributed by atoms with van der Waals surface area (Å²) in [5, 5.41) is 10.9. The fourth-order valence-electron chi connectivity index (χ4n) is 2.92. The van der Waals surface area contributed by atoms with Gasteiger partial charge in [-0.2, -0.15) is 5.10 Å². The van der Waals surface area contributed by atoms with Gasteiger partial charge in [0.15, 0.2) is 5.96 Å². The third-order valence-corrected chi connectivity index (χ3v) is 4.65. The molecular formula is C17H32N6. The van der Waals surface area contributed by atoms with E-state index in [1.807, 2.05) is 31.0 Å². The monoisotopic (exact) mass is 320 g/mol. The smallest absolute Gasteiger partial charge is 0.191 e. The Morgan fingerprint density at radius 2 is 2.09 bits per heavy atom. The number of aromatic nitrogens is 2. The van der Waals surface area contributed by atoms with Crippen LogP contribution in [0.25, 0.3) is 0 Å². The molecule has 0 bridgehead atoms. The lowest BCUT2D eigenvalue weighted by Crippen LogP contribution is -2.38. The number of guanidine groups is 1. The molecule has 2 N–H and O–H groups in total. The second kappa shape index (κ2) is 9.55. The van der Waals surface area contributed by atoms with Crippen molar-refractivity contribution in [3.05, 3.63) is 18.0 Å². The van der Waals surface area contributed by atoms with Crippen molar-refractivity contribution in [3.63, 3.8) is 0 Å². The number of hydrogen-bond donors (Lipinski definition) is 2. The minimum absolute atomic E-state index is 0.738. The molecule has 0 unspecified atom stereocenters. The van der Waals surface area contributed by atoms with E-state index in [1.54, 1.807) is 0 Å². The van der Waals surface area contributed by atoms with Gasteiger partial charge >= 0.3 is 0 Å². The van der Waals surface area contributed by atoms with Gasteiger partial charge in [-0.05, 0) is 57.3 Å². The zero-order valence-electron chi connectivity index (χ0n) is 14.9. The molecule has 1 aliphatic heterocycles. The number of likely N-dealkylation sites (tertiary alicyclic amines) is 1. The van der Waals surface area contributed by atoms with Gasteiger partial charge in [-0.1, -0.05) is 6.92 Å². The van der Waals surface area contributed by atoms with Crippen molar-refractivity contribution >= 4 is 5.96 Å². The first kappa shape index (κ1) is 17.8. The summed E-state index contributed by atoms with van der Waals surface area (Å²) in [5.74, 6) is 1.78. The van der Waals surface area contributed by atoms with Crippen LogP contribution < -0.4 is 10.6 Å². The molecule has 0 spiro atoms. The molecule has 1 aromatic heterocycles. The average Bonchev–Trinajstić information content (AvgIpc) is 2.97. The second-order valence-corrected chi connectivity index (χ2v) is 6.53. The van der Waals surface area contributed by atoms with Crippen LogP contribution in [0.1, 0.15) is 38.3 Å². The van der Waals surface area contributed by atoms with Crippen LogP contribution in [0.5, 0.6) is 0 Å². The van der Waals surface area contributed by atoms with E-state index in [2.05, 4.69) is 32.5 Å². The van der Waals surface area contributed by atoms with Gasteiger partial charge in [0.25, 0.3) is 0 Å². The number of nitrogens with zero attached hydrogens (tertiary/aromatic N) is 4. The molecule has 0 aliphatic carbocycles. The molecule has 1 fully saturated rings. The standard InChI is InChI=1S/C17H32N6/c1-15-7-12-23(13-8-15)11-5-4-9-19-17(18-2)20-14-16-6-10-21-22(16)3/h6,10,15H,4-5,7-9,11-14H2,1-3H3,(H2,18,19,20). The van der Waals surface area contributed by atoms with Crippen LogP contribution in [0.3, 0.4) is 0 Å². The summed E-state index contributed by atoms with van der Waals surface area (Å²) in [7, 11) is 3.77. The van der Waals surface area contributed by atoms with Crippen LogP contribution >= 0.6 is 0 Å². The Morgan fingerprint density at radius 1 is 1.30 bits per heavy atom. The average molecular weight is 320 g/mol. The van der Waals surface area contributed by atoms with Gasteiger partial charge in [-0.15, -0.1) is 0 Å². The molecule has 1 saturated heterocycles. The summed E-state index contributed by atoms with van der Waals surface area (Å²) in [5.41, 5.74) is 1.15. The summed E-state index contributed by atoms with van der Waals surface area (Å²) in [6.45, 7) is 7.86. The van der Waals surface area contributed by atoms with Gasteiger partial charge < -0.3 is 15.5 Å². The molecular weight excluding hydrogens is 288 g/mol. The lowest BCUT2D eigenvalue weighted by atomic mass is 9.99. The Labute approximate surface area is 140 Å². The summed E-state index contributed by atoms with van der Waals surface area (Å²) >= 11 is 0. The molecule has 6 heteroatoms. The van der Waals surface area contributed by atoms with Gasteiger partial charge in [-0.25, -0.2) is 0 Å². The number of aryl methyl sites for hydroxylation is 1. The highest BCUT2D eigenvalue weighted by molar-refractivity contribution is 5.79. The van der Waals surface area contributed by atoms with Gasteiger partial charge in [0.1, 0.15) is 0 Å². The molecule has 0 aromatic carbocycles. The van der Waals surface area contributed by atoms with Crippen LogP contribution in [-0.2, 0) is 13.6 Å². The van der Waals surface area contributed by atoms with Crippen LogP contribution in [-0.4, -0.2) is 53.9 Å². The first-order chi connectivity index (χ1) is 11.2. The predicted molar refractivity (Wildman–Crippen MR) is 95.5 cm³/mol. The second-order valence-electron chi connectivity index (χ2n) is 6.53. The lowest BCUT2D eigenvalue weighted by Gasteiger charge is -2.30. The fraction of sp³-hybridized carbons (Fsp3) is 0.765. The molecule has 23 heavy (non-hydrogen) atoms. The third-order valence-electron chi connectivity index (χ3n) is 4.65. The maximum atomic E-state index is 4.27. The van der Waals surface area contributed by atoms with E-state index in [4.69, 9.17) is 0 Å². The van der Waals surface area contributed by atoms with Gasteiger partial charge in [0.05, 0.1) is 12.2 Å². The molecule has 2 heterocycles. The molecule has 0 saturated carbocycles. The highest BCUT2D eigenvalue weighted by Gasteiger charge is 2.14. The van der Waals surface area contributed by atoms with Crippen LogP contribution in [0.15, 0.2) is 17.3 Å². The summed E-state index contributed by atoms with van der Waals surface area (Å²) in [6.07, 6.45) is 6.97. The van der Waals surface area contributed by atoms with Crippen molar-refractivity contribution in [3.8, 4) is 0 Å². The largest absolute Gasteiger partial charge is 0.356 e. The number of unbranched alkanes of at least 4 members (excludes halogenated alkanes) is 1. The molecule has 0 atom stereocenters. The molecule has 0 amide bonds. The fourth-order valence-corrected chi connectivity index (χ4v) is 2.92. The molecule has 2 rings (SSSR count). The Bertz CT molecular complexity index is 473. The van der Waals surface area contributed by atoms with Crippen molar-refractivity contribution in [2.45, 2.75) is 39.2 Å². The molecule has 130 valence electrons. The van der Waals surface area contributed by atoms with E-state index in [0.717, 1.165) is 30.7 Å². The quantitative estimate of drug-likeness (QED) is 0.455. The molecule has 1 aromatic rings. The van der Waals surface area contributed by atoms with Crippen molar-refractivity contribution in [2.24, 2.45) is 18.0 Å². The third kappa shape index (κ3) is 6.22. The van der Waals surface area contributed by atoms with Crippen LogP contribution in [0, 0.1) is 5.92 Å². The number of aliphatic imine (C=N–C) groups is 1. The van der Waals surface area contributed by atoms with E-state index in [1.165, 1.54) is 45.3 Å². The van der Waals surface area contributed by atoms with Crippen molar-refractivity contribution in [1.82, 2.24) is 25.3 Å². The van der Waals surface area contributed by atoms with Crippen LogP contribution in [0.4, 0.5) is 0 Å². The SMILES string of the molecule is CN=C(NCCCCN1CCC(C)CC1)NCc1ccnn1C. The number of hydrogen-bond acceptors (Lipinski definition) is 3. The van der Waals surface area contributed by atoms with Crippen LogP contribution in [0.2, 0.25) is 0 Å². The molecule has 1 aliphatic rings. The maximum Gasteiger partial charge on any atom is 0.191 e. The Morgan fingerprint density at radius 3 is 2.74 bits per heavy atom. The first-order valence-electron chi connectivity index (χ1n) is 8.83. The highest BCUT2D eigenvalue weighted by atomic mass is 15.3.